The zero-order valence-corrected chi connectivity index (χ0v) is 19.1. The molecule has 1 aromatic heterocycles. The molecule has 0 radical (unpaired) electrons. The molecule has 0 aliphatic rings. The second kappa shape index (κ2) is 10.0. The van der Waals surface area contributed by atoms with Crippen LogP contribution in [0.1, 0.15) is 54.4 Å². The van der Waals surface area contributed by atoms with Crippen LogP contribution in [0.4, 0.5) is 23.6 Å². The summed E-state index contributed by atoms with van der Waals surface area (Å²) in [7, 11) is 0. The molecule has 0 saturated heterocycles. The van der Waals surface area contributed by atoms with Crippen LogP contribution >= 0.6 is 11.8 Å². The van der Waals surface area contributed by atoms with Crippen LogP contribution in [0, 0.1) is 5.82 Å². The van der Waals surface area contributed by atoms with Gasteiger partial charge in [0, 0.05) is 10.3 Å². The summed E-state index contributed by atoms with van der Waals surface area (Å²) in [5.41, 5.74) is -0.890. The van der Waals surface area contributed by atoms with E-state index in [0.29, 0.717) is 17.8 Å². The van der Waals surface area contributed by atoms with Gasteiger partial charge >= 0.3 is 24.1 Å². The molecule has 12 heteroatoms. The minimum absolute atomic E-state index is 0.0432. The summed E-state index contributed by atoms with van der Waals surface area (Å²) in [6.45, 7) is 4.86. The van der Waals surface area contributed by atoms with Crippen LogP contribution in [0.25, 0.3) is 0 Å². The van der Waals surface area contributed by atoms with Crippen molar-refractivity contribution < 1.29 is 36.6 Å². The van der Waals surface area contributed by atoms with Gasteiger partial charge in [-0.15, -0.1) is 11.8 Å². The quantitative estimate of drug-likeness (QED) is 0.188. The summed E-state index contributed by atoms with van der Waals surface area (Å²) >= 11 is 0.684. The maximum Gasteiger partial charge on any atom is 0.417 e. The van der Waals surface area contributed by atoms with E-state index in [-0.39, 0.29) is 6.61 Å². The number of carbonyl (C=O) groups is 1. The summed E-state index contributed by atoms with van der Waals surface area (Å²) in [6.07, 6.45) is -6.62. The van der Waals surface area contributed by atoms with Crippen LogP contribution in [-0.4, -0.2) is 26.0 Å². The van der Waals surface area contributed by atoms with Gasteiger partial charge in [-0.1, -0.05) is 67.4 Å². The van der Waals surface area contributed by atoms with Gasteiger partial charge in [0.05, 0.1) is 10.5 Å². The van der Waals surface area contributed by atoms with Crippen molar-refractivity contribution in [3.05, 3.63) is 70.9 Å². The highest BCUT2D eigenvalue weighted by atomic mass is 32.2. The molecule has 0 aliphatic heterocycles. The van der Waals surface area contributed by atoms with Crippen molar-refractivity contribution in [2.75, 3.05) is 5.32 Å². The van der Waals surface area contributed by atoms with Gasteiger partial charge in [-0.2, -0.15) is 13.2 Å². The largest absolute Gasteiger partial charge is 0.454 e. The molecule has 3 rings (SSSR count). The zero-order chi connectivity index (χ0) is 25.1. The Morgan fingerprint density at radius 3 is 2.44 bits per heavy atom. The Morgan fingerprint density at radius 1 is 1.15 bits per heavy atom. The fraction of sp³-hybridized carbons (Fsp3) is 0.318. The number of aliphatic hydroxyl groups excluding tert-OH is 1. The first-order valence-corrected chi connectivity index (χ1v) is 10.7. The highest BCUT2D eigenvalue weighted by Crippen LogP contribution is 2.44. The molecule has 3 aromatic rings. The smallest absolute Gasteiger partial charge is 0.417 e. The van der Waals surface area contributed by atoms with Gasteiger partial charge in [0.1, 0.15) is 12.4 Å². The third-order valence-electron chi connectivity index (χ3n) is 4.21. The number of ether oxygens (including phenoxy) is 1. The minimum Gasteiger partial charge on any atom is -0.454 e. The van der Waals surface area contributed by atoms with E-state index in [1.54, 1.807) is 51.1 Å². The van der Waals surface area contributed by atoms with Crippen LogP contribution in [0.15, 0.2) is 51.8 Å². The number of anilines is 1. The second-order valence-corrected chi connectivity index (χ2v) is 9.92. The van der Waals surface area contributed by atoms with E-state index in [2.05, 4.69) is 15.5 Å². The molecule has 34 heavy (non-hydrogen) atoms. The molecule has 1 heterocycles. The minimum atomic E-state index is -4.78. The zero-order valence-electron chi connectivity index (χ0n) is 18.3. The average molecular weight is 499 g/mol. The fourth-order valence-electron chi connectivity index (χ4n) is 2.76. The molecular formula is C22H21F4N3O4S. The van der Waals surface area contributed by atoms with Crippen molar-refractivity contribution in [2.24, 2.45) is 0 Å². The van der Waals surface area contributed by atoms with Gasteiger partial charge in [0.15, 0.2) is 6.23 Å². The van der Waals surface area contributed by atoms with E-state index in [1.165, 1.54) is 0 Å². The fourth-order valence-corrected chi connectivity index (χ4v) is 3.87. The lowest BCUT2D eigenvalue weighted by atomic mass is 10.1. The van der Waals surface area contributed by atoms with Crippen molar-refractivity contribution in [3.8, 4) is 0 Å². The molecule has 1 atom stereocenters. The lowest BCUT2D eigenvalue weighted by molar-refractivity contribution is -0.140. The highest BCUT2D eigenvalue weighted by Gasteiger charge is 2.37. The van der Waals surface area contributed by atoms with E-state index < -0.39 is 56.9 Å². The lowest BCUT2D eigenvalue weighted by Gasteiger charge is -2.23. The number of thioether (sulfide) groups is 1. The van der Waals surface area contributed by atoms with Crippen LogP contribution in [-0.2, 0) is 17.5 Å². The standard InChI is InChI=1S/C22H21F4N3O4S/c1-21(2,3)34-16-14(22(24,25)26)10-9-13(15(16)23)17(30)27-20-29-28-18(33-20)19(31)32-11-12-7-5-4-6-8-12/h4-10,17,30H,11H2,1-3H3,(H,27,29). The molecule has 0 amide bonds. The number of halogens is 4. The number of nitrogens with zero attached hydrogens (tertiary/aromatic N) is 2. The summed E-state index contributed by atoms with van der Waals surface area (Å²) in [5, 5.41) is 19.7. The predicted octanol–water partition coefficient (Wildman–Crippen LogP) is 5.58. The molecule has 182 valence electrons. The van der Waals surface area contributed by atoms with E-state index in [4.69, 9.17) is 9.15 Å². The van der Waals surface area contributed by atoms with Crippen LogP contribution in [0.5, 0.6) is 0 Å². The number of carbonyl (C=O) groups excluding carboxylic acids is 1. The van der Waals surface area contributed by atoms with E-state index in [1.807, 2.05) is 0 Å². The average Bonchev–Trinajstić information content (AvgIpc) is 3.21. The van der Waals surface area contributed by atoms with E-state index in [0.717, 1.165) is 11.6 Å². The number of aromatic nitrogens is 2. The molecule has 0 spiro atoms. The Balaban J connectivity index is 1.75. The molecule has 0 saturated carbocycles. The maximum atomic E-state index is 15.1. The Bertz CT molecular complexity index is 1150. The van der Waals surface area contributed by atoms with Crippen molar-refractivity contribution in [3.63, 3.8) is 0 Å². The summed E-state index contributed by atoms with van der Waals surface area (Å²) in [5.74, 6) is -2.69. The number of nitrogens with one attached hydrogen (secondary N) is 1. The lowest BCUT2D eigenvalue weighted by Crippen LogP contribution is -2.17. The number of esters is 1. The highest BCUT2D eigenvalue weighted by molar-refractivity contribution is 8.00. The summed E-state index contributed by atoms with van der Waals surface area (Å²) < 4.78 is 64.7. The van der Waals surface area contributed by atoms with Crippen LogP contribution < -0.4 is 5.32 Å². The topological polar surface area (TPSA) is 97.5 Å². The van der Waals surface area contributed by atoms with Gasteiger partial charge in [0.25, 0.3) is 0 Å². The Labute approximate surface area is 196 Å². The number of hydrogen-bond acceptors (Lipinski definition) is 8. The number of aliphatic hydroxyl groups is 1. The van der Waals surface area contributed by atoms with Crippen LogP contribution in [0.3, 0.4) is 0 Å². The normalized spacial score (nSPS) is 12.9. The molecule has 7 nitrogen and oxygen atoms in total. The van der Waals surface area contributed by atoms with Crippen molar-refractivity contribution in [2.45, 2.75) is 49.4 Å². The SMILES string of the molecule is CC(C)(C)Sc1c(C(F)(F)F)ccc(C(O)Nc2nnc(C(=O)OCc3ccccc3)o2)c1F. The number of alkyl halides is 3. The maximum absolute atomic E-state index is 15.1. The van der Waals surface area contributed by atoms with E-state index >= 15 is 4.39 Å². The van der Waals surface area contributed by atoms with Gasteiger partial charge in [0.2, 0.25) is 0 Å². The number of hydrogen-bond donors (Lipinski definition) is 2. The Hall–Kier alpha value is -3.12. The van der Waals surface area contributed by atoms with Crippen molar-refractivity contribution >= 4 is 23.7 Å². The van der Waals surface area contributed by atoms with Gasteiger partial charge < -0.3 is 19.6 Å². The number of benzene rings is 2. The monoisotopic (exact) mass is 499 g/mol. The first-order chi connectivity index (χ1) is 15.8. The number of rotatable bonds is 7. The molecular weight excluding hydrogens is 478 g/mol. The third kappa shape index (κ3) is 6.48. The molecule has 2 aromatic carbocycles. The van der Waals surface area contributed by atoms with Crippen molar-refractivity contribution in [1.82, 2.24) is 10.2 Å². The molecule has 2 N–H and O–H groups in total. The Morgan fingerprint density at radius 2 is 1.82 bits per heavy atom. The third-order valence-corrected chi connectivity index (χ3v) is 5.42. The molecule has 0 fully saturated rings. The van der Waals surface area contributed by atoms with Gasteiger partial charge in [-0.05, 0) is 11.6 Å². The van der Waals surface area contributed by atoms with Gasteiger partial charge in [-0.25, -0.2) is 9.18 Å². The molecule has 1 unspecified atom stereocenters. The molecule has 0 aliphatic carbocycles. The van der Waals surface area contributed by atoms with Crippen molar-refractivity contribution in [1.29, 1.82) is 0 Å². The van der Waals surface area contributed by atoms with Crippen LogP contribution in [0.2, 0.25) is 0 Å². The van der Waals surface area contributed by atoms with E-state index in [9.17, 15) is 23.1 Å². The molecule has 0 bridgehead atoms. The first-order valence-electron chi connectivity index (χ1n) is 9.93. The Kier molecular flexibility index (Phi) is 7.51. The van der Waals surface area contributed by atoms with Gasteiger partial charge in [-0.3, -0.25) is 0 Å². The second-order valence-electron chi connectivity index (χ2n) is 8.08. The predicted molar refractivity (Wildman–Crippen MR) is 115 cm³/mol. The summed E-state index contributed by atoms with van der Waals surface area (Å²) in [4.78, 5) is 11.4. The summed E-state index contributed by atoms with van der Waals surface area (Å²) in [6, 6.07) is 9.88. The first kappa shape index (κ1) is 25.5.